The van der Waals surface area contributed by atoms with Gasteiger partial charge in [-0.3, -0.25) is 9.89 Å². The average Bonchev–Trinajstić information content (AvgIpc) is 2.90. The Bertz CT molecular complexity index is 493. The molecule has 1 aromatic heterocycles. The number of carbonyl (C=O) groups is 1. The number of H-pyrrole nitrogens is 1. The molecule has 1 heterocycles. The lowest BCUT2D eigenvalue weighted by Crippen LogP contribution is -2.24. The van der Waals surface area contributed by atoms with E-state index < -0.39 is 0 Å². The molecular weight excluding hydrogens is 216 g/mol. The lowest BCUT2D eigenvalue weighted by molar-refractivity contribution is 0.0946. The highest BCUT2D eigenvalue weighted by Crippen LogP contribution is 2.07. The molecule has 0 unspecified atom stereocenters. The maximum atomic E-state index is 11.7. The molecule has 0 fully saturated rings. The second-order valence-electron chi connectivity index (χ2n) is 3.63. The first-order valence-electron chi connectivity index (χ1n) is 5.35. The SMILES string of the molecule is NCc1ccccc1CNC(=O)c1ccn[nH]1. The Hall–Kier alpha value is -2.14. The number of aromatic amines is 1. The van der Waals surface area contributed by atoms with Gasteiger partial charge < -0.3 is 11.1 Å². The van der Waals surface area contributed by atoms with Crippen molar-refractivity contribution in [2.45, 2.75) is 13.1 Å². The minimum Gasteiger partial charge on any atom is -0.347 e. The predicted molar refractivity (Wildman–Crippen MR) is 64.1 cm³/mol. The third-order valence-electron chi connectivity index (χ3n) is 2.52. The minimum absolute atomic E-state index is 0.172. The summed E-state index contributed by atoms with van der Waals surface area (Å²) in [4.78, 5) is 11.7. The molecule has 0 radical (unpaired) electrons. The van der Waals surface area contributed by atoms with E-state index in [1.54, 1.807) is 12.3 Å². The smallest absolute Gasteiger partial charge is 0.269 e. The summed E-state index contributed by atoms with van der Waals surface area (Å²) in [5, 5.41) is 9.15. The number of benzene rings is 1. The van der Waals surface area contributed by atoms with Crippen LogP contribution in [0.25, 0.3) is 0 Å². The Balaban J connectivity index is 2.00. The van der Waals surface area contributed by atoms with Crippen LogP contribution in [0.4, 0.5) is 0 Å². The van der Waals surface area contributed by atoms with Gasteiger partial charge in [0.25, 0.3) is 5.91 Å². The molecule has 0 saturated heterocycles. The van der Waals surface area contributed by atoms with Crippen molar-refractivity contribution in [2.24, 2.45) is 5.73 Å². The number of aromatic nitrogens is 2. The highest BCUT2D eigenvalue weighted by molar-refractivity contribution is 5.92. The molecule has 1 aromatic carbocycles. The van der Waals surface area contributed by atoms with Crippen LogP contribution in [0.2, 0.25) is 0 Å². The fraction of sp³-hybridized carbons (Fsp3) is 0.167. The maximum absolute atomic E-state index is 11.7. The molecule has 4 N–H and O–H groups in total. The predicted octanol–water partition coefficient (Wildman–Crippen LogP) is 0.798. The van der Waals surface area contributed by atoms with Crippen LogP contribution in [-0.2, 0) is 13.1 Å². The molecule has 17 heavy (non-hydrogen) atoms. The van der Waals surface area contributed by atoms with Crippen LogP contribution < -0.4 is 11.1 Å². The average molecular weight is 230 g/mol. The van der Waals surface area contributed by atoms with E-state index >= 15 is 0 Å². The topological polar surface area (TPSA) is 83.8 Å². The number of amides is 1. The first-order valence-corrected chi connectivity index (χ1v) is 5.35. The zero-order chi connectivity index (χ0) is 12.1. The van der Waals surface area contributed by atoms with E-state index in [0.29, 0.717) is 18.8 Å². The number of nitrogens with one attached hydrogen (secondary N) is 2. The van der Waals surface area contributed by atoms with E-state index in [2.05, 4.69) is 15.5 Å². The Kier molecular flexibility index (Phi) is 3.52. The van der Waals surface area contributed by atoms with Gasteiger partial charge in [0, 0.05) is 19.3 Å². The van der Waals surface area contributed by atoms with Gasteiger partial charge in [0.15, 0.2) is 0 Å². The standard InChI is InChI=1S/C12H14N4O/c13-7-9-3-1-2-4-10(9)8-14-12(17)11-5-6-15-16-11/h1-6H,7-8,13H2,(H,14,17)(H,15,16). The Morgan fingerprint density at radius 3 is 2.71 bits per heavy atom. The number of nitrogens with two attached hydrogens (primary N) is 1. The second kappa shape index (κ2) is 5.27. The maximum Gasteiger partial charge on any atom is 0.269 e. The summed E-state index contributed by atoms with van der Waals surface area (Å²) >= 11 is 0. The van der Waals surface area contributed by atoms with Gasteiger partial charge in [0.05, 0.1) is 0 Å². The van der Waals surface area contributed by atoms with Gasteiger partial charge in [-0.1, -0.05) is 24.3 Å². The van der Waals surface area contributed by atoms with Crippen molar-refractivity contribution in [3.63, 3.8) is 0 Å². The zero-order valence-corrected chi connectivity index (χ0v) is 9.31. The van der Waals surface area contributed by atoms with E-state index in [-0.39, 0.29) is 5.91 Å². The summed E-state index contributed by atoms with van der Waals surface area (Å²) in [6.07, 6.45) is 1.54. The van der Waals surface area contributed by atoms with Crippen molar-refractivity contribution < 1.29 is 4.79 Å². The lowest BCUT2D eigenvalue weighted by atomic mass is 10.1. The third-order valence-corrected chi connectivity index (χ3v) is 2.52. The fourth-order valence-corrected chi connectivity index (χ4v) is 1.58. The van der Waals surface area contributed by atoms with Crippen LogP contribution in [0.5, 0.6) is 0 Å². The van der Waals surface area contributed by atoms with E-state index in [1.165, 1.54) is 0 Å². The van der Waals surface area contributed by atoms with Crippen LogP contribution in [0, 0.1) is 0 Å². The quantitative estimate of drug-likeness (QED) is 0.726. The van der Waals surface area contributed by atoms with Gasteiger partial charge in [0.2, 0.25) is 0 Å². The normalized spacial score (nSPS) is 10.2. The zero-order valence-electron chi connectivity index (χ0n) is 9.31. The molecule has 0 bridgehead atoms. The van der Waals surface area contributed by atoms with Gasteiger partial charge in [0.1, 0.15) is 5.69 Å². The number of hydrogen-bond acceptors (Lipinski definition) is 3. The van der Waals surface area contributed by atoms with E-state index in [4.69, 9.17) is 5.73 Å². The van der Waals surface area contributed by atoms with Gasteiger partial charge >= 0.3 is 0 Å². The molecule has 0 atom stereocenters. The monoisotopic (exact) mass is 230 g/mol. The summed E-state index contributed by atoms with van der Waals surface area (Å²) in [6, 6.07) is 9.40. The molecule has 0 aliphatic heterocycles. The van der Waals surface area contributed by atoms with Gasteiger partial charge in [-0.25, -0.2) is 0 Å². The van der Waals surface area contributed by atoms with Gasteiger partial charge in [-0.15, -0.1) is 0 Å². The Labute approximate surface area is 99.0 Å². The van der Waals surface area contributed by atoms with Crippen molar-refractivity contribution in [2.75, 3.05) is 0 Å². The molecule has 2 rings (SSSR count). The molecule has 0 aliphatic carbocycles. The Morgan fingerprint density at radius 1 is 1.29 bits per heavy atom. The summed E-state index contributed by atoms with van der Waals surface area (Å²) in [6.45, 7) is 0.932. The lowest BCUT2D eigenvalue weighted by Gasteiger charge is -2.08. The third kappa shape index (κ3) is 2.70. The first kappa shape index (κ1) is 11.3. The van der Waals surface area contributed by atoms with Crippen molar-refractivity contribution in [3.8, 4) is 0 Å². The van der Waals surface area contributed by atoms with Crippen molar-refractivity contribution in [3.05, 3.63) is 53.3 Å². The van der Waals surface area contributed by atoms with Crippen LogP contribution in [0.3, 0.4) is 0 Å². The molecular formula is C12H14N4O. The number of nitrogens with zero attached hydrogens (tertiary/aromatic N) is 1. The Morgan fingerprint density at radius 2 is 2.06 bits per heavy atom. The molecule has 5 heteroatoms. The summed E-state index contributed by atoms with van der Waals surface area (Å²) in [7, 11) is 0. The van der Waals surface area contributed by atoms with Crippen LogP contribution >= 0.6 is 0 Å². The van der Waals surface area contributed by atoms with Crippen molar-refractivity contribution in [1.29, 1.82) is 0 Å². The summed E-state index contributed by atoms with van der Waals surface area (Å²) in [5.74, 6) is -0.172. The number of hydrogen-bond donors (Lipinski definition) is 3. The van der Waals surface area contributed by atoms with Crippen molar-refractivity contribution >= 4 is 5.91 Å². The van der Waals surface area contributed by atoms with Gasteiger partial charge in [-0.2, -0.15) is 5.10 Å². The van der Waals surface area contributed by atoms with Gasteiger partial charge in [-0.05, 0) is 17.2 Å². The molecule has 88 valence electrons. The summed E-state index contributed by atoms with van der Waals surface area (Å²) < 4.78 is 0. The fourth-order valence-electron chi connectivity index (χ4n) is 1.58. The van der Waals surface area contributed by atoms with Crippen molar-refractivity contribution in [1.82, 2.24) is 15.5 Å². The first-order chi connectivity index (χ1) is 8.31. The van der Waals surface area contributed by atoms with E-state index in [9.17, 15) is 4.79 Å². The largest absolute Gasteiger partial charge is 0.347 e. The highest BCUT2D eigenvalue weighted by atomic mass is 16.1. The molecule has 1 amide bonds. The van der Waals surface area contributed by atoms with Crippen LogP contribution in [0.1, 0.15) is 21.6 Å². The van der Waals surface area contributed by atoms with E-state index in [0.717, 1.165) is 11.1 Å². The van der Waals surface area contributed by atoms with Crippen LogP contribution in [-0.4, -0.2) is 16.1 Å². The van der Waals surface area contributed by atoms with Crippen LogP contribution in [0.15, 0.2) is 36.5 Å². The number of rotatable bonds is 4. The van der Waals surface area contributed by atoms with E-state index in [1.807, 2.05) is 24.3 Å². The molecule has 0 saturated carbocycles. The molecule has 5 nitrogen and oxygen atoms in total. The molecule has 0 spiro atoms. The molecule has 2 aromatic rings. The highest BCUT2D eigenvalue weighted by Gasteiger charge is 2.07. The summed E-state index contributed by atoms with van der Waals surface area (Å²) in [5.41, 5.74) is 8.15. The minimum atomic E-state index is -0.172. The number of carbonyl (C=O) groups excluding carboxylic acids is 1. The molecule has 0 aliphatic rings. The second-order valence-corrected chi connectivity index (χ2v) is 3.63.